The highest BCUT2D eigenvalue weighted by Crippen LogP contribution is 2.44. The Hall–Kier alpha value is -3.69. The maximum absolute atomic E-state index is 12.6. The summed E-state index contributed by atoms with van der Waals surface area (Å²) in [5, 5.41) is 4.84. The Balaban J connectivity index is 1.36. The molecule has 1 fully saturated rings. The second kappa shape index (κ2) is 8.51. The number of aryl methyl sites for hydroxylation is 1. The Labute approximate surface area is 204 Å². The number of carbonyl (C=O) groups excluding carboxylic acids is 1. The summed E-state index contributed by atoms with van der Waals surface area (Å²) in [4.78, 5) is 26.9. The van der Waals surface area contributed by atoms with Gasteiger partial charge in [0.05, 0.1) is 5.69 Å². The number of carbonyl (C=O) groups is 1. The summed E-state index contributed by atoms with van der Waals surface area (Å²) < 4.78 is 13.7. The molecule has 1 amide bonds. The zero-order valence-corrected chi connectivity index (χ0v) is 20.6. The largest absolute Gasteiger partial charge is 0.482 e. The van der Waals surface area contributed by atoms with E-state index >= 15 is 0 Å². The van der Waals surface area contributed by atoms with E-state index in [4.69, 9.17) is 20.3 Å². The van der Waals surface area contributed by atoms with Gasteiger partial charge in [-0.05, 0) is 52.7 Å². The third-order valence-corrected chi connectivity index (χ3v) is 6.66. The lowest BCUT2D eigenvalue weighted by molar-refractivity contribution is 0.0284. The number of rotatable bonds is 4. The van der Waals surface area contributed by atoms with Crippen molar-refractivity contribution in [3.8, 4) is 17.0 Å². The highest BCUT2D eigenvalue weighted by atomic mass is 16.6. The molecule has 0 saturated carbocycles. The molecule has 3 aromatic heterocycles. The fourth-order valence-electron chi connectivity index (χ4n) is 4.84. The molecule has 5 heterocycles. The van der Waals surface area contributed by atoms with Crippen LogP contribution in [-0.4, -0.2) is 54.4 Å². The van der Waals surface area contributed by atoms with Crippen molar-refractivity contribution in [2.24, 2.45) is 0 Å². The highest BCUT2D eigenvalue weighted by molar-refractivity contribution is 5.69. The van der Waals surface area contributed by atoms with Gasteiger partial charge in [0, 0.05) is 60.5 Å². The molecule has 3 aromatic rings. The summed E-state index contributed by atoms with van der Waals surface area (Å²) in [5.74, 6) is 0.795. The van der Waals surface area contributed by atoms with E-state index in [1.54, 1.807) is 18.6 Å². The Morgan fingerprint density at radius 3 is 2.63 bits per heavy atom. The average molecular weight is 478 g/mol. The Kier molecular flexibility index (Phi) is 5.61. The zero-order chi connectivity index (χ0) is 24.8. The standard InChI is InChI=1S/C25H31N7O3/c1-16(18-11-27-15-28-12-18)34-20-9-17(13-29-22(20)26)19-10-21-25(6-8-32(21)30-19)5-7-31(14-25)23(33)35-24(2,3)4/h9-13,15-16H,5-8,14H2,1-4H3,(H2,26,29)/t16?,25-/m0/s1. The first-order valence-electron chi connectivity index (χ1n) is 11.9. The zero-order valence-electron chi connectivity index (χ0n) is 20.6. The van der Waals surface area contributed by atoms with Crippen molar-refractivity contribution in [3.63, 3.8) is 0 Å². The van der Waals surface area contributed by atoms with E-state index in [2.05, 4.69) is 25.7 Å². The molecule has 5 rings (SSSR count). The van der Waals surface area contributed by atoms with Gasteiger partial charge in [-0.25, -0.2) is 19.7 Å². The second-order valence-corrected chi connectivity index (χ2v) is 10.4. The van der Waals surface area contributed by atoms with Crippen LogP contribution in [0.4, 0.5) is 10.6 Å². The number of hydrogen-bond donors (Lipinski definition) is 1. The fraction of sp³-hybridized carbons (Fsp3) is 0.480. The van der Waals surface area contributed by atoms with Crippen molar-refractivity contribution >= 4 is 11.9 Å². The number of nitrogens with two attached hydrogens (primary N) is 1. The van der Waals surface area contributed by atoms with Crippen LogP contribution in [0.2, 0.25) is 0 Å². The maximum Gasteiger partial charge on any atom is 0.410 e. The number of fused-ring (bicyclic) bond motifs is 2. The molecule has 1 unspecified atom stereocenters. The summed E-state index contributed by atoms with van der Waals surface area (Å²) in [6.07, 6.45) is 7.93. The Bertz CT molecular complexity index is 1240. The number of pyridine rings is 1. The summed E-state index contributed by atoms with van der Waals surface area (Å²) in [5.41, 5.74) is 9.11. The summed E-state index contributed by atoms with van der Waals surface area (Å²) in [7, 11) is 0. The lowest BCUT2D eigenvalue weighted by Crippen LogP contribution is -2.37. The Morgan fingerprint density at radius 2 is 1.89 bits per heavy atom. The molecule has 0 aromatic carbocycles. The molecule has 0 aliphatic carbocycles. The smallest absolute Gasteiger partial charge is 0.410 e. The van der Waals surface area contributed by atoms with Crippen LogP contribution < -0.4 is 10.5 Å². The molecule has 2 N–H and O–H groups in total. The van der Waals surface area contributed by atoms with Crippen molar-refractivity contribution in [3.05, 3.63) is 48.3 Å². The minimum absolute atomic E-state index is 0.107. The third-order valence-electron chi connectivity index (χ3n) is 6.66. The quantitative estimate of drug-likeness (QED) is 0.603. The van der Waals surface area contributed by atoms with Crippen molar-refractivity contribution in [1.82, 2.24) is 29.6 Å². The van der Waals surface area contributed by atoms with E-state index < -0.39 is 5.60 Å². The molecule has 2 aliphatic rings. The molecule has 10 nitrogen and oxygen atoms in total. The third kappa shape index (κ3) is 4.52. The number of hydrogen-bond acceptors (Lipinski definition) is 8. The number of nitrogen functional groups attached to an aromatic ring is 1. The summed E-state index contributed by atoms with van der Waals surface area (Å²) in [6, 6.07) is 3.98. The molecule has 184 valence electrons. The summed E-state index contributed by atoms with van der Waals surface area (Å²) in [6.45, 7) is 9.71. The van der Waals surface area contributed by atoms with Gasteiger partial charge in [0.15, 0.2) is 11.6 Å². The van der Waals surface area contributed by atoms with Crippen molar-refractivity contribution in [1.29, 1.82) is 0 Å². The van der Waals surface area contributed by atoms with Crippen LogP contribution >= 0.6 is 0 Å². The molecule has 0 bridgehead atoms. The lowest BCUT2D eigenvalue weighted by atomic mass is 9.82. The van der Waals surface area contributed by atoms with Gasteiger partial charge in [-0.2, -0.15) is 5.10 Å². The number of likely N-dealkylation sites (tertiary alicyclic amines) is 1. The van der Waals surface area contributed by atoms with E-state index in [0.717, 1.165) is 41.9 Å². The van der Waals surface area contributed by atoms with E-state index in [1.165, 1.54) is 6.33 Å². The molecule has 1 spiro atoms. The van der Waals surface area contributed by atoms with Gasteiger partial charge in [0.1, 0.15) is 18.0 Å². The van der Waals surface area contributed by atoms with E-state index in [0.29, 0.717) is 24.7 Å². The molecule has 0 radical (unpaired) electrons. The molecule has 35 heavy (non-hydrogen) atoms. The number of amides is 1. The van der Waals surface area contributed by atoms with Gasteiger partial charge in [-0.1, -0.05) is 0 Å². The SMILES string of the molecule is CC(Oc1cc(-c2cc3n(n2)CC[C@]32CCN(C(=O)OC(C)(C)C)C2)cnc1N)c1cncnc1. The second-order valence-electron chi connectivity index (χ2n) is 10.4. The topological polar surface area (TPSA) is 121 Å². The Morgan fingerprint density at radius 1 is 1.14 bits per heavy atom. The number of aromatic nitrogens is 5. The van der Waals surface area contributed by atoms with Gasteiger partial charge in [0.2, 0.25) is 0 Å². The number of anilines is 1. The molecule has 1 saturated heterocycles. The van der Waals surface area contributed by atoms with E-state index in [9.17, 15) is 4.79 Å². The predicted octanol–water partition coefficient (Wildman–Crippen LogP) is 3.74. The van der Waals surface area contributed by atoms with Crippen molar-refractivity contribution in [2.75, 3.05) is 18.8 Å². The number of ether oxygens (including phenoxy) is 2. The minimum atomic E-state index is -0.510. The molecular weight excluding hydrogens is 446 g/mol. The molecule has 2 atom stereocenters. The fourth-order valence-corrected chi connectivity index (χ4v) is 4.84. The van der Waals surface area contributed by atoms with Crippen LogP contribution in [0, 0.1) is 0 Å². The maximum atomic E-state index is 12.6. The lowest BCUT2D eigenvalue weighted by Gasteiger charge is -2.26. The normalized spacial score (nSPS) is 20.2. The van der Waals surface area contributed by atoms with E-state index in [1.807, 2.05) is 38.7 Å². The van der Waals surface area contributed by atoms with Gasteiger partial charge in [-0.15, -0.1) is 0 Å². The van der Waals surface area contributed by atoms with Gasteiger partial charge in [-0.3, -0.25) is 4.68 Å². The van der Waals surface area contributed by atoms with Crippen molar-refractivity contribution in [2.45, 2.75) is 64.2 Å². The highest BCUT2D eigenvalue weighted by Gasteiger charge is 2.47. The van der Waals surface area contributed by atoms with Crippen LogP contribution in [0.1, 0.15) is 57.9 Å². The first kappa shape index (κ1) is 23.1. The van der Waals surface area contributed by atoms with Gasteiger partial charge in [0.25, 0.3) is 0 Å². The van der Waals surface area contributed by atoms with E-state index in [-0.39, 0.29) is 17.6 Å². The first-order valence-corrected chi connectivity index (χ1v) is 11.9. The molecule has 2 aliphatic heterocycles. The average Bonchev–Trinajstić information content (AvgIpc) is 3.52. The minimum Gasteiger partial charge on any atom is -0.482 e. The van der Waals surface area contributed by atoms with Gasteiger partial charge < -0.3 is 20.1 Å². The van der Waals surface area contributed by atoms with Crippen LogP contribution in [0.15, 0.2) is 37.1 Å². The monoisotopic (exact) mass is 477 g/mol. The van der Waals surface area contributed by atoms with Crippen LogP contribution in [0.25, 0.3) is 11.3 Å². The number of nitrogens with zero attached hydrogens (tertiary/aromatic N) is 6. The molecular formula is C25H31N7O3. The van der Waals surface area contributed by atoms with Crippen molar-refractivity contribution < 1.29 is 14.3 Å². The molecule has 10 heteroatoms. The van der Waals surface area contributed by atoms with Crippen LogP contribution in [-0.2, 0) is 16.7 Å². The summed E-state index contributed by atoms with van der Waals surface area (Å²) >= 11 is 0. The predicted molar refractivity (Wildman–Crippen MR) is 130 cm³/mol. The van der Waals surface area contributed by atoms with Gasteiger partial charge >= 0.3 is 6.09 Å². The van der Waals surface area contributed by atoms with Crippen LogP contribution in [0.5, 0.6) is 5.75 Å². The first-order chi connectivity index (χ1) is 16.6. The van der Waals surface area contributed by atoms with Crippen LogP contribution in [0.3, 0.4) is 0 Å².